The standard InChI is InChI=1S/C16H19N3O2S/c1-3-11-4-5-14-12(8-11)6-7-19(14)16(20)18-15-17-13(9-21-2)10-22-15/h4-5,8,10H,3,6-7,9H2,1-2H3,(H,17,18,20). The average molecular weight is 317 g/mol. The van der Waals surface area contributed by atoms with Crippen molar-refractivity contribution >= 4 is 28.2 Å². The first-order valence-electron chi connectivity index (χ1n) is 7.35. The summed E-state index contributed by atoms with van der Waals surface area (Å²) in [6, 6.07) is 6.20. The smallest absolute Gasteiger partial charge is 0.328 e. The number of carbonyl (C=O) groups excluding carboxylic acids is 1. The van der Waals surface area contributed by atoms with Crippen LogP contribution in [0.25, 0.3) is 0 Å². The van der Waals surface area contributed by atoms with Crippen molar-refractivity contribution in [1.82, 2.24) is 4.98 Å². The lowest BCUT2D eigenvalue weighted by molar-refractivity contribution is 0.182. The van der Waals surface area contributed by atoms with Gasteiger partial charge in [-0.25, -0.2) is 9.78 Å². The quantitative estimate of drug-likeness (QED) is 0.939. The van der Waals surface area contributed by atoms with Crippen LogP contribution in [0.2, 0.25) is 0 Å². The lowest BCUT2D eigenvalue weighted by Crippen LogP contribution is -2.33. The van der Waals surface area contributed by atoms with Crippen molar-refractivity contribution in [1.29, 1.82) is 0 Å². The van der Waals surface area contributed by atoms with Crippen LogP contribution >= 0.6 is 11.3 Å². The summed E-state index contributed by atoms with van der Waals surface area (Å²) < 4.78 is 5.04. The van der Waals surface area contributed by atoms with Crippen molar-refractivity contribution in [3.63, 3.8) is 0 Å². The fraction of sp³-hybridized carbons (Fsp3) is 0.375. The van der Waals surface area contributed by atoms with Crippen molar-refractivity contribution in [2.45, 2.75) is 26.4 Å². The van der Waals surface area contributed by atoms with Gasteiger partial charge in [-0.15, -0.1) is 11.3 Å². The second-order valence-electron chi connectivity index (χ2n) is 5.23. The molecule has 2 heterocycles. The molecule has 0 aliphatic carbocycles. The molecule has 2 aromatic rings. The van der Waals surface area contributed by atoms with Crippen LogP contribution in [0.1, 0.15) is 23.7 Å². The topological polar surface area (TPSA) is 54.5 Å². The van der Waals surface area contributed by atoms with Gasteiger partial charge in [0.05, 0.1) is 12.3 Å². The van der Waals surface area contributed by atoms with Gasteiger partial charge in [-0.1, -0.05) is 19.1 Å². The molecule has 0 fully saturated rings. The normalized spacial score (nSPS) is 13.3. The van der Waals surface area contributed by atoms with Crippen molar-refractivity contribution in [3.8, 4) is 0 Å². The fourth-order valence-corrected chi connectivity index (χ4v) is 3.31. The van der Waals surface area contributed by atoms with E-state index < -0.39 is 0 Å². The number of anilines is 2. The monoisotopic (exact) mass is 317 g/mol. The first-order valence-corrected chi connectivity index (χ1v) is 8.23. The first kappa shape index (κ1) is 15.0. The minimum absolute atomic E-state index is 0.124. The Bertz CT molecular complexity index is 684. The maximum absolute atomic E-state index is 12.4. The van der Waals surface area contributed by atoms with E-state index in [-0.39, 0.29) is 6.03 Å². The molecule has 2 amide bonds. The molecular formula is C16H19N3O2S. The molecule has 1 aliphatic heterocycles. The van der Waals surface area contributed by atoms with E-state index in [1.807, 2.05) is 11.4 Å². The zero-order valence-electron chi connectivity index (χ0n) is 12.8. The van der Waals surface area contributed by atoms with Crippen LogP contribution in [0.4, 0.5) is 15.6 Å². The molecule has 1 aromatic heterocycles. The van der Waals surface area contributed by atoms with E-state index in [4.69, 9.17) is 4.74 Å². The summed E-state index contributed by atoms with van der Waals surface area (Å²) in [4.78, 5) is 18.6. The third-order valence-electron chi connectivity index (χ3n) is 3.75. The van der Waals surface area contributed by atoms with Crippen LogP contribution < -0.4 is 10.2 Å². The Morgan fingerprint density at radius 1 is 1.50 bits per heavy atom. The second kappa shape index (κ2) is 6.46. The molecule has 3 rings (SSSR count). The van der Waals surface area contributed by atoms with E-state index in [0.717, 1.165) is 24.2 Å². The lowest BCUT2D eigenvalue weighted by atomic mass is 10.1. The zero-order valence-corrected chi connectivity index (χ0v) is 13.6. The molecule has 0 unspecified atom stereocenters. The molecule has 0 bridgehead atoms. The van der Waals surface area contributed by atoms with Gasteiger partial charge in [0.2, 0.25) is 0 Å². The van der Waals surface area contributed by atoms with Gasteiger partial charge in [0, 0.05) is 24.7 Å². The van der Waals surface area contributed by atoms with Crippen LogP contribution in [0, 0.1) is 0 Å². The summed E-state index contributed by atoms with van der Waals surface area (Å²) in [5.74, 6) is 0. The maximum atomic E-state index is 12.4. The summed E-state index contributed by atoms with van der Waals surface area (Å²) in [5.41, 5.74) is 4.39. The number of ether oxygens (including phenoxy) is 1. The third-order valence-corrected chi connectivity index (χ3v) is 4.56. The Labute approximate surface area is 133 Å². The minimum Gasteiger partial charge on any atom is -0.378 e. The third kappa shape index (κ3) is 2.98. The van der Waals surface area contributed by atoms with Crippen molar-refractivity contribution < 1.29 is 9.53 Å². The van der Waals surface area contributed by atoms with Gasteiger partial charge in [0.25, 0.3) is 0 Å². The van der Waals surface area contributed by atoms with E-state index in [0.29, 0.717) is 18.3 Å². The SMILES string of the molecule is CCc1ccc2c(c1)CCN2C(=O)Nc1nc(COC)cs1. The number of methoxy groups -OCH3 is 1. The van der Waals surface area contributed by atoms with E-state index in [2.05, 4.69) is 29.4 Å². The molecule has 1 N–H and O–H groups in total. The van der Waals surface area contributed by atoms with Crippen LogP contribution in [0.3, 0.4) is 0 Å². The number of nitrogens with zero attached hydrogens (tertiary/aromatic N) is 2. The molecule has 5 nitrogen and oxygen atoms in total. The van der Waals surface area contributed by atoms with Crippen LogP contribution in [0.15, 0.2) is 23.6 Å². The number of fused-ring (bicyclic) bond motifs is 1. The van der Waals surface area contributed by atoms with Gasteiger partial charge in [-0.2, -0.15) is 0 Å². The highest BCUT2D eigenvalue weighted by molar-refractivity contribution is 7.13. The van der Waals surface area contributed by atoms with E-state index in [1.165, 1.54) is 22.5 Å². The Morgan fingerprint density at radius 3 is 3.14 bits per heavy atom. The highest BCUT2D eigenvalue weighted by Gasteiger charge is 2.25. The summed E-state index contributed by atoms with van der Waals surface area (Å²) in [6.45, 7) is 3.31. The van der Waals surface area contributed by atoms with Gasteiger partial charge in [0.15, 0.2) is 5.13 Å². The molecule has 0 radical (unpaired) electrons. The van der Waals surface area contributed by atoms with E-state index in [1.54, 1.807) is 12.0 Å². The van der Waals surface area contributed by atoms with Gasteiger partial charge in [-0.05, 0) is 30.0 Å². The molecular weight excluding hydrogens is 298 g/mol. The summed E-state index contributed by atoms with van der Waals surface area (Å²) in [5, 5.41) is 5.37. The fourth-order valence-electron chi connectivity index (χ4n) is 2.62. The number of urea groups is 1. The van der Waals surface area contributed by atoms with Crippen molar-refractivity contribution in [2.24, 2.45) is 0 Å². The molecule has 116 valence electrons. The van der Waals surface area contributed by atoms with E-state index >= 15 is 0 Å². The van der Waals surface area contributed by atoms with Crippen LogP contribution in [-0.2, 0) is 24.2 Å². The van der Waals surface area contributed by atoms with Crippen LogP contribution in [0.5, 0.6) is 0 Å². The summed E-state index contributed by atoms with van der Waals surface area (Å²) >= 11 is 1.41. The molecule has 0 spiro atoms. The summed E-state index contributed by atoms with van der Waals surface area (Å²) in [7, 11) is 1.63. The number of hydrogen-bond acceptors (Lipinski definition) is 4. The van der Waals surface area contributed by atoms with E-state index in [9.17, 15) is 4.79 Å². The number of nitrogens with one attached hydrogen (secondary N) is 1. The van der Waals surface area contributed by atoms with Gasteiger partial charge in [0.1, 0.15) is 0 Å². The van der Waals surface area contributed by atoms with Crippen molar-refractivity contribution in [2.75, 3.05) is 23.9 Å². The molecule has 1 aromatic carbocycles. The number of aromatic nitrogens is 1. The predicted octanol–water partition coefficient (Wildman–Crippen LogP) is 3.45. The molecule has 1 aliphatic rings. The highest BCUT2D eigenvalue weighted by Crippen LogP contribution is 2.30. The Hall–Kier alpha value is -1.92. The average Bonchev–Trinajstić information content (AvgIpc) is 3.13. The first-order chi connectivity index (χ1) is 10.7. The highest BCUT2D eigenvalue weighted by atomic mass is 32.1. The predicted molar refractivity (Wildman–Crippen MR) is 88.7 cm³/mol. The zero-order chi connectivity index (χ0) is 15.5. The second-order valence-corrected chi connectivity index (χ2v) is 6.08. The Balaban J connectivity index is 1.71. The van der Waals surface area contributed by atoms with Gasteiger partial charge in [-0.3, -0.25) is 10.2 Å². The number of amides is 2. The molecule has 6 heteroatoms. The van der Waals surface area contributed by atoms with Gasteiger partial charge < -0.3 is 4.74 Å². The van der Waals surface area contributed by atoms with Crippen molar-refractivity contribution in [3.05, 3.63) is 40.4 Å². The number of aryl methyl sites for hydroxylation is 1. The molecule has 0 saturated carbocycles. The number of rotatable bonds is 4. The maximum Gasteiger partial charge on any atom is 0.328 e. The lowest BCUT2D eigenvalue weighted by Gasteiger charge is -2.17. The van der Waals surface area contributed by atoms with Gasteiger partial charge >= 0.3 is 6.03 Å². The number of carbonyl (C=O) groups is 1. The molecule has 22 heavy (non-hydrogen) atoms. The Morgan fingerprint density at radius 2 is 2.36 bits per heavy atom. The molecule has 0 saturated heterocycles. The number of benzene rings is 1. The molecule has 0 atom stereocenters. The minimum atomic E-state index is -0.124. The Kier molecular flexibility index (Phi) is 4.40. The largest absolute Gasteiger partial charge is 0.378 e. The van der Waals surface area contributed by atoms with Crippen LogP contribution in [-0.4, -0.2) is 24.7 Å². The summed E-state index contributed by atoms with van der Waals surface area (Å²) in [6.07, 6.45) is 1.92. The number of hydrogen-bond donors (Lipinski definition) is 1. The number of thiazole rings is 1.